The van der Waals surface area contributed by atoms with Crippen molar-refractivity contribution in [3.63, 3.8) is 0 Å². The van der Waals surface area contributed by atoms with Crippen LogP contribution in [0.4, 0.5) is 0 Å². The van der Waals surface area contributed by atoms with Gasteiger partial charge in [-0.25, -0.2) is 4.98 Å². The average molecular weight is 342 g/mol. The quantitative estimate of drug-likeness (QED) is 0.896. The molecule has 1 aliphatic heterocycles. The summed E-state index contributed by atoms with van der Waals surface area (Å²) in [7, 11) is 0. The largest absolute Gasteiger partial charge is 0.346 e. The second-order valence-corrected chi connectivity index (χ2v) is 7.12. The summed E-state index contributed by atoms with van der Waals surface area (Å²) in [6, 6.07) is 7.66. The van der Waals surface area contributed by atoms with Gasteiger partial charge in [0.1, 0.15) is 5.82 Å². The maximum atomic E-state index is 12.6. The molecule has 1 aliphatic rings. The van der Waals surface area contributed by atoms with Crippen molar-refractivity contribution in [3.8, 4) is 0 Å². The van der Waals surface area contributed by atoms with Crippen molar-refractivity contribution in [3.05, 3.63) is 30.1 Å². The van der Waals surface area contributed by atoms with Crippen LogP contribution in [-0.4, -0.2) is 39.8 Å². The first-order valence-electron chi connectivity index (χ1n) is 8.99. The highest BCUT2D eigenvalue weighted by Gasteiger charge is 2.29. The number of aromatic nitrogens is 2. The fraction of sp³-hybridized carbons (Fsp3) is 0.526. The van der Waals surface area contributed by atoms with Crippen molar-refractivity contribution in [1.29, 1.82) is 0 Å². The number of aromatic amines is 1. The number of nitrogens with one attached hydrogen (secondary N) is 2. The van der Waals surface area contributed by atoms with Gasteiger partial charge < -0.3 is 15.2 Å². The van der Waals surface area contributed by atoms with Crippen LogP contribution in [-0.2, 0) is 9.59 Å². The molecule has 1 saturated heterocycles. The molecule has 6 heteroatoms. The molecule has 2 N–H and O–H groups in total. The zero-order chi connectivity index (χ0) is 18.0. The van der Waals surface area contributed by atoms with Crippen LogP contribution in [0.5, 0.6) is 0 Å². The van der Waals surface area contributed by atoms with Gasteiger partial charge in [0.2, 0.25) is 11.8 Å². The minimum atomic E-state index is -0.171. The number of H-pyrrole nitrogens is 1. The van der Waals surface area contributed by atoms with Gasteiger partial charge in [0.05, 0.1) is 17.1 Å². The van der Waals surface area contributed by atoms with E-state index in [9.17, 15) is 9.59 Å². The lowest BCUT2D eigenvalue weighted by atomic mass is 9.95. The van der Waals surface area contributed by atoms with Crippen LogP contribution in [0.15, 0.2) is 24.3 Å². The van der Waals surface area contributed by atoms with Crippen LogP contribution in [0.25, 0.3) is 11.0 Å². The molecule has 1 unspecified atom stereocenters. The van der Waals surface area contributed by atoms with E-state index in [0.29, 0.717) is 13.1 Å². The Balaban J connectivity index is 1.56. The lowest BCUT2D eigenvalue weighted by Gasteiger charge is -2.32. The van der Waals surface area contributed by atoms with E-state index in [2.05, 4.69) is 15.3 Å². The molecule has 0 spiro atoms. The van der Waals surface area contributed by atoms with Gasteiger partial charge in [-0.3, -0.25) is 9.59 Å². The van der Waals surface area contributed by atoms with Gasteiger partial charge >= 0.3 is 0 Å². The average Bonchev–Trinajstić information content (AvgIpc) is 3.05. The van der Waals surface area contributed by atoms with Gasteiger partial charge in [0.25, 0.3) is 0 Å². The smallest absolute Gasteiger partial charge is 0.225 e. The van der Waals surface area contributed by atoms with Crippen LogP contribution in [0.1, 0.15) is 45.5 Å². The summed E-state index contributed by atoms with van der Waals surface area (Å²) in [5.41, 5.74) is 1.87. The van der Waals surface area contributed by atoms with Crippen molar-refractivity contribution in [2.45, 2.75) is 39.7 Å². The van der Waals surface area contributed by atoms with E-state index >= 15 is 0 Å². The molecule has 134 valence electrons. The molecular formula is C19H26N4O2. The van der Waals surface area contributed by atoms with Gasteiger partial charge in [-0.15, -0.1) is 0 Å². The maximum Gasteiger partial charge on any atom is 0.225 e. The number of hydrogen-bond acceptors (Lipinski definition) is 3. The van der Waals surface area contributed by atoms with Crippen LogP contribution in [0, 0.1) is 11.8 Å². The van der Waals surface area contributed by atoms with E-state index in [0.717, 1.165) is 29.7 Å². The van der Waals surface area contributed by atoms with Gasteiger partial charge in [0.15, 0.2) is 0 Å². The predicted octanol–water partition coefficient (Wildman–Crippen LogP) is 2.63. The number of imidazole rings is 1. The molecule has 0 radical (unpaired) electrons. The van der Waals surface area contributed by atoms with Crippen molar-refractivity contribution in [1.82, 2.24) is 20.2 Å². The number of rotatable bonds is 4. The van der Waals surface area contributed by atoms with E-state index in [-0.39, 0.29) is 29.7 Å². The number of carbonyl (C=O) groups is 2. The molecule has 1 aromatic carbocycles. The van der Waals surface area contributed by atoms with Crippen LogP contribution < -0.4 is 5.32 Å². The zero-order valence-electron chi connectivity index (χ0n) is 15.1. The highest BCUT2D eigenvalue weighted by Crippen LogP contribution is 2.21. The second kappa shape index (κ2) is 7.25. The fourth-order valence-electron chi connectivity index (χ4n) is 3.30. The molecule has 2 heterocycles. The minimum absolute atomic E-state index is 0.0125. The van der Waals surface area contributed by atoms with E-state index < -0.39 is 0 Å². The lowest BCUT2D eigenvalue weighted by Crippen LogP contribution is -2.44. The summed E-state index contributed by atoms with van der Waals surface area (Å²) in [5.74, 6) is 0.961. The highest BCUT2D eigenvalue weighted by molar-refractivity contribution is 5.81. The molecule has 1 fully saturated rings. The summed E-state index contributed by atoms with van der Waals surface area (Å²) >= 11 is 0. The molecule has 1 atom stereocenters. The minimum Gasteiger partial charge on any atom is -0.346 e. The Morgan fingerprint density at radius 1 is 1.20 bits per heavy atom. The Labute approximate surface area is 148 Å². The zero-order valence-corrected chi connectivity index (χ0v) is 15.1. The molecule has 0 bridgehead atoms. The van der Waals surface area contributed by atoms with Crippen LogP contribution in [0.3, 0.4) is 0 Å². The van der Waals surface area contributed by atoms with Crippen molar-refractivity contribution < 1.29 is 9.59 Å². The number of likely N-dealkylation sites (tertiary alicyclic amines) is 1. The number of nitrogens with zero attached hydrogens (tertiary/aromatic N) is 2. The van der Waals surface area contributed by atoms with Crippen molar-refractivity contribution >= 4 is 22.8 Å². The second-order valence-electron chi connectivity index (χ2n) is 7.12. The summed E-state index contributed by atoms with van der Waals surface area (Å²) in [6.07, 6.45) is 1.44. The standard InChI is InChI=1S/C19H26N4O2/c1-12(2)19(25)23-10-8-14(9-11-23)18(24)20-13(3)17-21-15-6-4-5-7-16(15)22-17/h4-7,12-14H,8-11H2,1-3H3,(H,20,24)(H,21,22). The first kappa shape index (κ1) is 17.5. The number of fused-ring (bicyclic) bond motifs is 1. The molecule has 6 nitrogen and oxygen atoms in total. The molecule has 2 amide bonds. The Morgan fingerprint density at radius 2 is 1.88 bits per heavy atom. The molecule has 0 aliphatic carbocycles. The predicted molar refractivity (Wildman–Crippen MR) is 96.8 cm³/mol. The van der Waals surface area contributed by atoms with Crippen molar-refractivity contribution in [2.75, 3.05) is 13.1 Å². The lowest BCUT2D eigenvalue weighted by molar-refractivity contribution is -0.138. The number of benzene rings is 1. The fourth-order valence-corrected chi connectivity index (χ4v) is 3.30. The first-order valence-corrected chi connectivity index (χ1v) is 8.99. The summed E-state index contributed by atoms with van der Waals surface area (Å²) in [4.78, 5) is 34.3. The number of para-hydroxylation sites is 2. The Hall–Kier alpha value is -2.37. The van der Waals surface area contributed by atoms with E-state index in [4.69, 9.17) is 0 Å². The SMILES string of the molecule is CC(C)C(=O)N1CCC(C(=O)NC(C)c2nc3ccccc3[nH]2)CC1. The third-order valence-corrected chi connectivity index (χ3v) is 4.85. The summed E-state index contributed by atoms with van der Waals surface area (Å²) in [6.45, 7) is 7.08. The molecule has 25 heavy (non-hydrogen) atoms. The molecule has 3 rings (SSSR count). The number of hydrogen-bond donors (Lipinski definition) is 2. The van der Waals surface area contributed by atoms with E-state index in [1.165, 1.54) is 0 Å². The topological polar surface area (TPSA) is 78.1 Å². The normalized spacial score (nSPS) is 17.0. The molecular weight excluding hydrogens is 316 g/mol. The summed E-state index contributed by atoms with van der Waals surface area (Å²) in [5, 5.41) is 3.06. The van der Waals surface area contributed by atoms with Gasteiger partial charge in [-0.2, -0.15) is 0 Å². The third kappa shape index (κ3) is 3.83. The molecule has 1 aromatic heterocycles. The van der Waals surface area contributed by atoms with E-state index in [1.807, 2.05) is 49.9 Å². The third-order valence-electron chi connectivity index (χ3n) is 4.85. The Kier molecular flexibility index (Phi) is 5.06. The summed E-state index contributed by atoms with van der Waals surface area (Å²) < 4.78 is 0. The maximum absolute atomic E-state index is 12.6. The molecule has 0 saturated carbocycles. The molecule has 2 aromatic rings. The van der Waals surface area contributed by atoms with E-state index in [1.54, 1.807) is 0 Å². The highest BCUT2D eigenvalue weighted by atomic mass is 16.2. The first-order chi connectivity index (χ1) is 12.0. The Morgan fingerprint density at radius 3 is 2.52 bits per heavy atom. The number of amides is 2. The monoisotopic (exact) mass is 342 g/mol. The van der Waals surface area contributed by atoms with Crippen molar-refractivity contribution in [2.24, 2.45) is 11.8 Å². The van der Waals surface area contributed by atoms with Gasteiger partial charge in [-0.05, 0) is 31.9 Å². The van der Waals surface area contributed by atoms with Gasteiger partial charge in [0, 0.05) is 24.9 Å². The van der Waals surface area contributed by atoms with Crippen LogP contribution in [0.2, 0.25) is 0 Å². The van der Waals surface area contributed by atoms with Crippen LogP contribution >= 0.6 is 0 Å². The van der Waals surface area contributed by atoms with Gasteiger partial charge in [-0.1, -0.05) is 26.0 Å². The number of carbonyl (C=O) groups excluding carboxylic acids is 2. The Bertz CT molecular complexity index is 727. The number of piperidine rings is 1.